The van der Waals surface area contributed by atoms with E-state index in [0.717, 1.165) is 18.7 Å². The van der Waals surface area contributed by atoms with Gasteiger partial charge in [-0.1, -0.05) is 24.4 Å². The van der Waals surface area contributed by atoms with Crippen molar-refractivity contribution in [3.8, 4) is 0 Å². The molecule has 3 rings (SSSR count). The zero-order chi connectivity index (χ0) is 18.0. The summed E-state index contributed by atoms with van der Waals surface area (Å²) in [5.41, 5.74) is -0.256. The molecule has 2 heterocycles. The predicted octanol–water partition coefficient (Wildman–Crippen LogP) is 2.38. The fourth-order valence-corrected chi connectivity index (χ4v) is 3.70. The molecule has 1 aliphatic heterocycles. The van der Waals surface area contributed by atoms with Gasteiger partial charge in [0.15, 0.2) is 5.82 Å². The second-order valence-electron chi connectivity index (χ2n) is 8.18. The van der Waals surface area contributed by atoms with Crippen molar-refractivity contribution >= 4 is 11.8 Å². The second kappa shape index (κ2) is 7.14. The van der Waals surface area contributed by atoms with Gasteiger partial charge in [-0.25, -0.2) is 0 Å². The summed E-state index contributed by atoms with van der Waals surface area (Å²) in [6.07, 6.45) is 6.19. The van der Waals surface area contributed by atoms with Crippen molar-refractivity contribution in [3.05, 3.63) is 11.7 Å². The maximum absolute atomic E-state index is 12.4. The summed E-state index contributed by atoms with van der Waals surface area (Å²) in [7, 11) is 0. The Kier molecular flexibility index (Phi) is 5.11. The van der Waals surface area contributed by atoms with E-state index in [1.165, 1.54) is 19.3 Å². The summed E-state index contributed by atoms with van der Waals surface area (Å²) in [5.74, 6) is 1.18. The molecule has 1 aromatic heterocycles. The average molecular weight is 348 g/mol. The largest absolute Gasteiger partial charge is 0.347 e. The lowest BCUT2D eigenvalue weighted by atomic mass is 9.89. The van der Waals surface area contributed by atoms with E-state index >= 15 is 0 Å². The lowest BCUT2D eigenvalue weighted by molar-refractivity contribution is -0.132. The standard InChI is InChI=1S/C18H28N4O3/c1-18(2,3)22-11-13(9-15(22)23)17(24)19-10-14-20-16(21-25-14)12-7-5-4-6-8-12/h12-13H,4-11H2,1-3H3,(H,19,24)/t13-/m1/s1. The number of hydrogen-bond donors (Lipinski definition) is 1. The Morgan fingerprint density at radius 1 is 1.28 bits per heavy atom. The molecule has 138 valence electrons. The molecule has 1 saturated carbocycles. The summed E-state index contributed by atoms with van der Waals surface area (Å²) in [6, 6.07) is 0. The highest BCUT2D eigenvalue weighted by Gasteiger charge is 2.39. The number of amides is 2. The van der Waals surface area contributed by atoms with E-state index in [2.05, 4.69) is 15.5 Å². The fraction of sp³-hybridized carbons (Fsp3) is 0.778. The topological polar surface area (TPSA) is 88.3 Å². The van der Waals surface area contributed by atoms with E-state index < -0.39 is 0 Å². The van der Waals surface area contributed by atoms with E-state index in [1.54, 1.807) is 4.90 Å². The van der Waals surface area contributed by atoms with E-state index in [4.69, 9.17) is 4.52 Å². The summed E-state index contributed by atoms with van der Waals surface area (Å²) >= 11 is 0. The Bertz CT molecular complexity index is 629. The van der Waals surface area contributed by atoms with E-state index in [-0.39, 0.29) is 36.2 Å². The van der Waals surface area contributed by atoms with Gasteiger partial charge in [0, 0.05) is 24.4 Å². The highest BCUT2D eigenvalue weighted by atomic mass is 16.5. The zero-order valence-corrected chi connectivity index (χ0v) is 15.4. The molecule has 1 aliphatic carbocycles. The summed E-state index contributed by atoms with van der Waals surface area (Å²) in [5, 5.41) is 6.91. The van der Waals surface area contributed by atoms with Crippen LogP contribution >= 0.6 is 0 Å². The van der Waals surface area contributed by atoms with Crippen molar-refractivity contribution in [1.29, 1.82) is 0 Å². The quantitative estimate of drug-likeness (QED) is 0.902. The zero-order valence-electron chi connectivity index (χ0n) is 15.4. The van der Waals surface area contributed by atoms with Crippen LogP contribution in [-0.2, 0) is 16.1 Å². The van der Waals surface area contributed by atoms with Crippen LogP contribution in [0.2, 0.25) is 0 Å². The van der Waals surface area contributed by atoms with Gasteiger partial charge in [-0.2, -0.15) is 4.98 Å². The van der Waals surface area contributed by atoms with Gasteiger partial charge in [-0.05, 0) is 33.6 Å². The molecule has 2 amide bonds. The van der Waals surface area contributed by atoms with Crippen LogP contribution in [-0.4, -0.2) is 38.9 Å². The molecule has 1 aromatic rings. The number of aromatic nitrogens is 2. The number of hydrogen-bond acceptors (Lipinski definition) is 5. The lowest BCUT2D eigenvalue weighted by Gasteiger charge is -2.31. The molecule has 0 unspecified atom stereocenters. The Labute approximate surface area is 148 Å². The molecule has 1 saturated heterocycles. The first-order chi connectivity index (χ1) is 11.8. The molecule has 0 bridgehead atoms. The minimum atomic E-state index is -0.313. The highest BCUT2D eigenvalue weighted by molar-refractivity contribution is 5.89. The second-order valence-corrected chi connectivity index (χ2v) is 8.18. The summed E-state index contributed by atoms with van der Waals surface area (Å²) in [4.78, 5) is 30.7. The maximum atomic E-state index is 12.4. The number of carbonyl (C=O) groups is 2. The summed E-state index contributed by atoms with van der Waals surface area (Å²) < 4.78 is 5.27. The van der Waals surface area contributed by atoms with Gasteiger partial charge in [0.2, 0.25) is 17.7 Å². The Morgan fingerprint density at radius 3 is 2.64 bits per heavy atom. The number of rotatable bonds is 4. The van der Waals surface area contributed by atoms with Crippen LogP contribution in [0.4, 0.5) is 0 Å². The normalized spacial score (nSPS) is 22.4. The van der Waals surface area contributed by atoms with Crippen LogP contribution < -0.4 is 5.32 Å². The molecular formula is C18H28N4O3. The average Bonchev–Trinajstić information content (AvgIpc) is 3.20. The van der Waals surface area contributed by atoms with Gasteiger partial charge >= 0.3 is 0 Å². The summed E-state index contributed by atoms with van der Waals surface area (Å²) in [6.45, 7) is 6.63. The van der Waals surface area contributed by atoms with Gasteiger partial charge in [0.1, 0.15) is 0 Å². The third-order valence-corrected chi connectivity index (χ3v) is 5.17. The molecule has 25 heavy (non-hydrogen) atoms. The first-order valence-electron chi connectivity index (χ1n) is 9.25. The van der Waals surface area contributed by atoms with E-state index in [1.807, 2.05) is 20.8 Å². The fourth-order valence-electron chi connectivity index (χ4n) is 3.70. The van der Waals surface area contributed by atoms with Crippen molar-refractivity contribution in [2.45, 2.75) is 77.3 Å². The first-order valence-corrected chi connectivity index (χ1v) is 9.25. The van der Waals surface area contributed by atoms with Gasteiger partial charge in [0.05, 0.1) is 12.5 Å². The molecule has 2 aliphatic rings. The Morgan fingerprint density at radius 2 is 2.00 bits per heavy atom. The van der Waals surface area contributed by atoms with Crippen LogP contribution in [0.1, 0.15) is 76.9 Å². The lowest BCUT2D eigenvalue weighted by Crippen LogP contribution is -2.43. The Hall–Kier alpha value is -1.92. The Balaban J connectivity index is 1.51. The van der Waals surface area contributed by atoms with Gasteiger partial charge in [-0.3, -0.25) is 9.59 Å². The first kappa shape index (κ1) is 17.9. The molecule has 0 spiro atoms. The minimum absolute atomic E-state index is 0.0324. The number of likely N-dealkylation sites (tertiary alicyclic amines) is 1. The van der Waals surface area contributed by atoms with Gasteiger partial charge in [0.25, 0.3) is 0 Å². The van der Waals surface area contributed by atoms with Gasteiger partial charge < -0.3 is 14.7 Å². The van der Waals surface area contributed by atoms with Crippen molar-refractivity contribution in [1.82, 2.24) is 20.4 Å². The SMILES string of the molecule is CC(C)(C)N1C[C@H](C(=O)NCc2nc(C3CCCCC3)no2)CC1=O. The molecule has 0 aromatic carbocycles. The van der Waals surface area contributed by atoms with Crippen molar-refractivity contribution in [2.75, 3.05) is 6.54 Å². The van der Waals surface area contributed by atoms with E-state index in [0.29, 0.717) is 18.4 Å². The van der Waals surface area contributed by atoms with Crippen LogP contribution in [0.3, 0.4) is 0 Å². The predicted molar refractivity (Wildman–Crippen MR) is 91.5 cm³/mol. The van der Waals surface area contributed by atoms with E-state index in [9.17, 15) is 9.59 Å². The third-order valence-electron chi connectivity index (χ3n) is 5.17. The monoisotopic (exact) mass is 348 g/mol. The van der Waals surface area contributed by atoms with Crippen molar-refractivity contribution in [3.63, 3.8) is 0 Å². The number of carbonyl (C=O) groups excluding carboxylic acids is 2. The molecule has 1 N–H and O–H groups in total. The number of nitrogens with one attached hydrogen (secondary N) is 1. The highest BCUT2D eigenvalue weighted by Crippen LogP contribution is 2.30. The number of nitrogens with zero attached hydrogens (tertiary/aromatic N) is 3. The van der Waals surface area contributed by atoms with Crippen LogP contribution in [0.25, 0.3) is 0 Å². The molecule has 1 atom stereocenters. The molecule has 7 heteroatoms. The molecule has 0 radical (unpaired) electrons. The third kappa shape index (κ3) is 4.19. The van der Waals surface area contributed by atoms with Gasteiger partial charge in [-0.15, -0.1) is 0 Å². The maximum Gasteiger partial charge on any atom is 0.246 e. The van der Waals surface area contributed by atoms with Crippen LogP contribution in [0.5, 0.6) is 0 Å². The van der Waals surface area contributed by atoms with Crippen molar-refractivity contribution in [2.24, 2.45) is 5.92 Å². The smallest absolute Gasteiger partial charge is 0.246 e. The minimum Gasteiger partial charge on any atom is -0.347 e. The molecule has 7 nitrogen and oxygen atoms in total. The molecular weight excluding hydrogens is 320 g/mol. The van der Waals surface area contributed by atoms with Crippen LogP contribution in [0.15, 0.2) is 4.52 Å². The van der Waals surface area contributed by atoms with Crippen LogP contribution in [0, 0.1) is 5.92 Å². The van der Waals surface area contributed by atoms with Crippen molar-refractivity contribution < 1.29 is 14.1 Å². The molecule has 2 fully saturated rings.